The maximum atomic E-state index is 5.76. The van der Waals surface area contributed by atoms with E-state index >= 15 is 0 Å². The zero-order valence-electron chi connectivity index (χ0n) is 22.3. The lowest BCUT2D eigenvalue weighted by Crippen LogP contribution is -2.43. The van der Waals surface area contributed by atoms with Crippen molar-refractivity contribution in [2.45, 2.75) is 19.6 Å². The second-order valence-electron chi connectivity index (χ2n) is 8.59. The monoisotopic (exact) mass is 508 g/mol. The quantitative estimate of drug-likeness (QED) is 0.348. The van der Waals surface area contributed by atoms with Crippen molar-refractivity contribution < 1.29 is 23.7 Å². The zero-order valence-corrected chi connectivity index (χ0v) is 22.3. The van der Waals surface area contributed by atoms with Gasteiger partial charge in [0.15, 0.2) is 11.5 Å². The molecule has 0 aromatic heterocycles. The minimum atomic E-state index is 0.613. The molecule has 0 amide bonds. The summed E-state index contributed by atoms with van der Waals surface area (Å²) < 4.78 is 26.8. The first-order chi connectivity index (χ1) is 18.2. The van der Waals surface area contributed by atoms with E-state index in [1.165, 1.54) is 11.3 Å². The Kier molecular flexibility index (Phi) is 12.6. The van der Waals surface area contributed by atoms with Gasteiger partial charge >= 0.3 is 0 Å². The van der Waals surface area contributed by atoms with Crippen molar-refractivity contribution in [1.82, 2.24) is 5.32 Å². The molecule has 0 unspecified atom stereocenters. The van der Waals surface area contributed by atoms with Crippen LogP contribution in [0.4, 0.5) is 5.69 Å². The number of anilines is 1. The van der Waals surface area contributed by atoms with Crippen molar-refractivity contribution in [2.24, 2.45) is 0 Å². The Morgan fingerprint density at radius 1 is 0.703 bits per heavy atom. The fourth-order valence-corrected chi connectivity index (χ4v) is 3.89. The van der Waals surface area contributed by atoms with Crippen LogP contribution in [0.3, 0.4) is 0 Å². The molecule has 3 aromatic carbocycles. The molecule has 0 saturated carbocycles. The van der Waals surface area contributed by atoms with Gasteiger partial charge in [-0.2, -0.15) is 0 Å². The van der Waals surface area contributed by atoms with Crippen LogP contribution < -0.4 is 24.4 Å². The molecule has 1 N–H and O–H groups in total. The molecule has 37 heavy (non-hydrogen) atoms. The van der Waals surface area contributed by atoms with E-state index in [1.807, 2.05) is 48.5 Å². The number of hydrogen-bond donors (Lipinski definition) is 1. The Bertz CT molecular complexity index is 1010. The summed E-state index contributed by atoms with van der Waals surface area (Å²) in [6, 6.07) is 24.2. The van der Waals surface area contributed by atoms with Gasteiger partial charge < -0.3 is 33.9 Å². The topological polar surface area (TPSA) is 61.4 Å². The fourth-order valence-electron chi connectivity index (χ4n) is 3.89. The number of nitrogens with zero attached hydrogens (tertiary/aromatic N) is 1. The Morgan fingerprint density at radius 2 is 1.35 bits per heavy atom. The number of ether oxygens (including phenoxy) is 5. The highest BCUT2D eigenvalue weighted by molar-refractivity contribution is 5.48. The van der Waals surface area contributed by atoms with Gasteiger partial charge in [-0.3, -0.25) is 0 Å². The number of benzene rings is 3. The molecule has 0 aliphatic carbocycles. The first-order valence-corrected chi connectivity index (χ1v) is 12.7. The summed E-state index contributed by atoms with van der Waals surface area (Å²) in [6.45, 7) is 6.84. The summed E-state index contributed by atoms with van der Waals surface area (Å²) in [5.74, 6) is 2.42. The third kappa shape index (κ3) is 9.96. The molecule has 1 aliphatic rings. The van der Waals surface area contributed by atoms with Crippen molar-refractivity contribution in [3.63, 3.8) is 0 Å². The van der Waals surface area contributed by atoms with Crippen LogP contribution in [0.1, 0.15) is 17.5 Å². The molecule has 1 saturated heterocycles. The zero-order chi connectivity index (χ0) is 26.1. The Labute approximate surface area is 221 Å². The van der Waals surface area contributed by atoms with Crippen molar-refractivity contribution in [1.29, 1.82) is 0 Å². The van der Waals surface area contributed by atoms with Gasteiger partial charge in [0, 0.05) is 45.4 Å². The average Bonchev–Trinajstić information content (AvgIpc) is 2.97. The lowest BCUT2D eigenvalue weighted by molar-refractivity contribution is 0.107. The summed E-state index contributed by atoms with van der Waals surface area (Å²) in [5.41, 5.74) is 3.66. The lowest BCUT2D eigenvalue weighted by Gasteiger charge is -2.29. The molecule has 3 aromatic rings. The molecule has 1 fully saturated rings. The number of para-hydroxylation sites is 2. The van der Waals surface area contributed by atoms with E-state index in [1.54, 1.807) is 21.3 Å². The maximum absolute atomic E-state index is 5.76. The average molecular weight is 509 g/mol. The van der Waals surface area contributed by atoms with E-state index in [9.17, 15) is 0 Å². The van der Waals surface area contributed by atoms with E-state index in [-0.39, 0.29) is 0 Å². The second kappa shape index (κ2) is 16.5. The summed E-state index contributed by atoms with van der Waals surface area (Å²) in [6.07, 6.45) is 0.844. The highest BCUT2D eigenvalue weighted by atomic mass is 16.5. The smallest absolute Gasteiger partial charge is 0.161 e. The van der Waals surface area contributed by atoms with Crippen LogP contribution in [0.2, 0.25) is 0 Å². The van der Waals surface area contributed by atoms with Gasteiger partial charge in [0.05, 0.1) is 40.6 Å². The second-order valence-corrected chi connectivity index (χ2v) is 8.59. The molecule has 0 atom stereocenters. The number of rotatable bonds is 12. The third-order valence-electron chi connectivity index (χ3n) is 5.92. The molecular weight excluding hydrogens is 468 g/mol. The fraction of sp³-hybridized carbons (Fsp3) is 0.400. The van der Waals surface area contributed by atoms with Crippen LogP contribution in [-0.2, 0) is 22.7 Å². The minimum absolute atomic E-state index is 0.613. The summed E-state index contributed by atoms with van der Waals surface area (Å²) in [7, 11) is 4.99. The molecular formula is C30H40N2O5. The summed E-state index contributed by atoms with van der Waals surface area (Å²) in [5, 5.41) is 3.38. The van der Waals surface area contributed by atoms with Gasteiger partial charge in [-0.1, -0.05) is 36.4 Å². The molecule has 0 spiro atoms. The van der Waals surface area contributed by atoms with E-state index < -0.39 is 0 Å². The molecule has 7 nitrogen and oxygen atoms in total. The first kappa shape index (κ1) is 28.3. The predicted octanol–water partition coefficient (Wildman–Crippen LogP) is 4.93. The minimum Gasteiger partial charge on any atom is -0.497 e. The van der Waals surface area contributed by atoms with Crippen LogP contribution in [0.5, 0.6) is 17.2 Å². The van der Waals surface area contributed by atoms with Crippen LogP contribution in [0.15, 0.2) is 72.8 Å². The molecule has 1 heterocycles. The summed E-state index contributed by atoms with van der Waals surface area (Å²) in [4.78, 5) is 2.41. The third-order valence-corrected chi connectivity index (χ3v) is 5.92. The Balaban J connectivity index is 0.000000289. The van der Waals surface area contributed by atoms with Crippen molar-refractivity contribution in [3.8, 4) is 17.2 Å². The number of hydrogen-bond acceptors (Lipinski definition) is 7. The van der Waals surface area contributed by atoms with Crippen molar-refractivity contribution in [3.05, 3.63) is 83.9 Å². The van der Waals surface area contributed by atoms with Gasteiger partial charge in [-0.05, 0) is 47.5 Å². The molecule has 200 valence electrons. The highest BCUT2D eigenvalue weighted by Crippen LogP contribution is 2.25. The Morgan fingerprint density at radius 3 is 2.00 bits per heavy atom. The van der Waals surface area contributed by atoms with Gasteiger partial charge in [0.2, 0.25) is 0 Å². The van der Waals surface area contributed by atoms with Crippen LogP contribution >= 0.6 is 0 Å². The Hall–Kier alpha value is -3.26. The number of methoxy groups -OCH3 is 3. The largest absolute Gasteiger partial charge is 0.497 e. The van der Waals surface area contributed by atoms with Gasteiger partial charge in [0.25, 0.3) is 0 Å². The first-order valence-electron chi connectivity index (χ1n) is 12.7. The standard InChI is InChI=1S/C21H28N2O3.C9H12O2/c1-24-20-5-2-3-6-21(20)26-16-4-15-25-17-18-7-9-19(10-8-18)23-13-11-22-12-14-23;1-10-7-8-3-5-9(11-2)6-4-8/h2-3,5-10,22H,4,11-17H2,1H3;3-6H,7H2,1-2H3. The van der Waals surface area contributed by atoms with E-state index in [0.29, 0.717) is 26.4 Å². The summed E-state index contributed by atoms with van der Waals surface area (Å²) >= 11 is 0. The van der Waals surface area contributed by atoms with Gasteiger partial charge in [0.1, 0.15) is 5.75 Å². The van der Waals surface area contributed by atoms with Crippen molar-refractivity contribution >= 4 is 5.69 Å². The molecule has 7 heteroatoms. The molecule has 0 bridgehead atoms. The van der Waals surface area contributed by atoms with E-state index in [4.69, 9.17) is 23.7 Å². The van der Waals surface area contributed by atoms with Crippen LogP contribution in [-0.4, -0.2) is 60.7 Å². The van der Waals surface area contributed by atoms with Crippen LogP contribution in [0.25, 0.3) is 0 Å². The number of piperazine rings is 1. The van der Waals surface area contributed by atoms with Gasteiger partial charge in [-0.25, -0.2) is 0 Å². The van der Waals surface area contributed by atoms with E-state index in [2.05, 4.69) is 34.5 Å². The SMILES string of the molecule is COCc1ccc(OC)cc1.COc1ccccc1OCCCOCc1ccc(N2CCNCC2)cc1. The van der Waals surface area contributed by atoms with E-state index in [0.717, 1.165) is 55.4 Å². The normalized spacial score (nSPS) is 12.9. The van der Waals surface area contributed by atoms with Crippen LogP contribution in [0, 0.1) is 0 Å². The maximum Gasteiger partial charge on any atom is 0.161 e. The number of nitrogens with one attached hydrogen (secondary N) is 1. The highest BCUT2D eigenvalue weighted by Gasteiger charge is 2.09. The predicted molar refractivity (Wildman–Crippen MR) is 148 cm³/mol. The lowest BCUT2D eigenvalue weighted by atomic mass is 10.2. The molecule has 4 rings (SSSR count). The molecule has 0 radical (unpaired) electrons. The van der Waals surface area contributed by atoms with Gasteiger partial charge in [-0.15, -0.1) is 0 Å². The molecule has 1 aliphatic heterocycles. The van der Waals surface area contributed by atoms with Crippen molar-refractivity contribution in [2.75, 3.05) is 65.6 Å².